The van der Waals surface area contributed by atoms with Crippen molar-refractivity contribution in [1.29, 1.82) is 5.26 Å². The van der Waals surface area contributed by atoms with Gasteiger partial charge in [-0.05, 0) is 42.0 Å². The maximum Gasteiger partial charge on any atom is 0.266 e. The normalized spacial score (nSPS) is 11.0. The number of nitriles is 1. The second-order valence-corrected chi connectivity index (χ2v) is 5.87. The first-order valence-corrected chi connectivity index (χ1v) is 7.55. The molecule has 3 N–H and O–H groups in total. The minimum atomic E-state index is -0.717. The molecule has 0 aliphatic rings. The van der Waals surface area contributed by atoms with Gasteiger partial charge < -0.3 is 15.5 Å². The van der Waals surface area contributed by atoms with Gasteiger partial charge in [-0.2, -0.15) is 5.26 Å². The lowest BCUT2D eigenvalue weighted by Gasteiger charge is -2.07. The van der Waals surface area contributed by atoms with E-state index in [2.05, 4.69) is 5.32 Å². The number of benzene rings is 2. The molecule has 0 atom stereocenters. The minimum Gasteiger partial charge on any atom is -0.504 e. The van der Waals surface area contributed by atoms with E-state index >= 15 is 0 Å². The van der Waals surface area contributed by atoms with E-state index in [9.17, 15) is 15.0 Å². The van der Waals surface area contributed by atoms with Crippen molar-refractivity contribution in [2.45, 2.75) is 0 Å². The number of phenols is 2. The monoisotopic (exact) mass is 382 g/mol. The van der Waals surface area contributed by atoms with Gasteiger partial charge in [0.05, 0.1) is 15.7 Å². The summed E-state index contributed by atoms with van der Waals surface area (Å²) in [5, 5.41) is 31.1. The zero-order chi connectivity index (χ0) is 17.9. The first-order valence-electron chi connectivity index (χ1n) is 6.41. The van der Waals surface area contributed by atoms with E-state index in [1.807, 2.05) is 0 Å². The Kier molecular flexibility index (Phi) is 5.58. The number of amides is 1. The van der Waals surface area contributed by atoms with Gasteiger partial charge in [0.25, 0.3) is 5.91 Å². The number of hydrogen-bond donors (Lipinski definition) is 3. The molecule has 1 amide bonds. The Morgan fingerprint density at radius 2 is 1.83 bits per heavy atom. The molecule has 2 aromatic rings. The Morgan fingerprint density at radius 3 is 2.46 bits per heavy atom. The van der Waals surface area contributed by atoms with E-state index in [1.54, 1.807) is 12.1 Å². The minimum absolute atomic E-state index is 0.114. The van der Waals surface area contributed by atoms with E-state index in [4.69, 9.17) is 40.1 Å². The molecule has 0 saturated carbocycles. The third-order valence-corrected chi connectivity index (χ3v) is 3.77. The summed E-state index contributed by atoms with van der Waals surface area (Å²) in [6.45, 7) is 0. The molecule has 0 aliphatic heterocycles. The molecule has 0 spiro atoms. The third-order valence-electron chi connectivity index (χ3n) is 2.92. The molecule has 0 saturated heterocycles. The van der Waals surface area contributed by atoms with Gasteiger partial charge in [-0.15, -0.1) is 0 Å². The number of aromatic hydroxyl groups is 2. The number of rotatable bonds is 3. The van der Waals surface area contributed by atoms with Crippen LogP contribution in [0.2, 0.25) is 15.1 Å². The van der Waals surface area contributed by atoms with Crippen LogP contribution < -0.4 is 5.32 Å². The standard InChI is InChI=1S/C16H9Cl3N2O3/c17-10-1-2-11(18)13(6-10)21-16(24)9(7-20)3-8-4-12(19)15(23)14(22)5-8/h1-6,22-23H,(H,21,24)/b9-3+. The van der Waals surface area contributed by atoms with Gasteiger partial charge in [-0.3, -0.25) is 4.79 Å². The average molecular weight is 384 g/mol. The fourth-order valence-electron chi connectivity index (χ4n) is 1.79. The highest BCUT2D eigenvalue weighted by Crippen LogP contribution is 2.34. The first-order chi connectivity index (χ1) is 11.3. The van der Waals surface area contributed by atoms with E-state index in [1.165, 1.54) is 24.3 Å². The molecule has 0 heterocycles. The van der Waals surface area contributed by atoms with E-state index in [0.29, 0.717) is 5.02 Å². The Labute approximate surface area is 152 Å². The number of halogens is 3. The summed E-state index contributed by atoms with van der Waals surface area (Å²) < 4.78 is 0. The molecule has 5 nitrogen and oxygen atoms in total. The fourth-order valence-corrected chi connectivity index (χ4v) is 2.35. The van der Waals surface area contributed by atoms with Crippen LogP contribution in [0.5, 0.6) is 11.5 Å². The number of carbonyl (C=O) groups is 1. The maximum atomic E-state index is 12.2. The van der Waals surface area contributed by atoms with Gasteiger partial charge in [0.15, 0.2) is 11.5 Å². The Morgan fingerprint density at radius 1 is 1.12 bits per heavy atom. The summed E-state index contributed by atoms with van der Waals surface area (Å²) in [5.74, 6) is -1.67. The molecule has 0 fully saturated rings. The lowest BCUT2D eigenvalue weighted by atomic mass is 10.1. The zero-order valence-corrected chi connectivity index (χ0v) is 14.1. The highest BCUT2D eigenvalue weighted by atomic mass is 35.5. The molecule has 2 aromatic carbocycles. The van der Waals surface area contributed by atoms with Crippen molar-refractivity contribution in [3.8, 4) is 17.6 Å². The molecule has 0 aliphatic carbocycles. The van der Waals surface area contributed by atoms with E-state index in [-0.39, 0.29) is 26.9 Å². The van der Waals surface area contributed by atoms with Crippen LogP contribution in [0.15, 0.2) is 35.9 Å². The largest absolute Gasteiger partial charge is 0.504 e. The predicted molar refractivity (Wildman–Crippen MR) is 93.5 cm³/mol. The van der Waals surface area contributed by atoms with Crippen LogP contribution in [0.3, 0.4) is 0 Å². The van der Waals surface area contributed by atoms with Crippen LogP contribution >= 0.6 is 34.8 Å². The van der Waals surface area contributed by atoms with Crippen molar-refractivity contribution < 1.29 is 15.0 Å². The number of phenolic OH excluding ortho intramolecular Hbond substituents is 2. The molecule has 8 heteroatoms. The van der Waals surface area contributed by atoms with Gasteiger partial charge in [0.2, 0.25) is 0 Å². The molecular weight excluding hydrogens is 375 g/mol. The molecule has 0 aromatic heterocycles. The molecule has 0 radical (unpaired) electrons. The van der Waals surface area contributed by atoms with Crippen LogP contribution in [-0.2, 0) is 4.79 Å². The second-order valence-electron chi connectivity index (χ2n) is 4.62. The average Bonchev–Trinajstić information content (AvgIpc) is 2.53. The first kappa shape index (κ1) is 18.0. The highest BCUT2D eigenvalue weighted by molar-refractivity contribution is 6.36. The van der Waals surface area contributed by atoms with Gasteiger partial charge in [-0.25, -0.2) is 0 Å². The molecule has 0 bridgehead atoms. The van der Waals surface area contributed by atoms with Crippen LogP contribution in [0, 0.1) is 11.3 Å². The summed E-state index contributed by atoms with van der Waals surface area (Å²) >= 11 is 17.5. The van der Waals surface area contributed by atoms with Gasteiger partial charge in [0, 0.05) is 5.02 Å². The molecule has 0 unspecified atom stereocenters. The molecule has 24 heavy (non-hydrogen) atoms. The third kappa shape index (κ3) is 4.12. The van der Waals surface area contributed by atoms with Crippen molar-refractivity contribution >= 4 is 52.5 Å². The molecular formula is C16H9Cl3N2O3. The van der Waals surface area contributed by atoms with Gasteiger partial charge in [0.1, 0.15) is 11.6 Å². The number of carbonyl (C=O) groups excluding carboxylic acids is 1. The SMILES string of the molecule is N#C/C(=C\c1cc(O)c(O)c(Cl)c1)C(=O)Nc1cc(Cl)ccc1Cl. The van der Waals surface area contributed by atoms with Crippen molar-refractivity contribution in [3.05, 3.63) is 56.5 Å². The Bertz CT molecular complexity index is 866. The van der Waals surface area contributed by atoms with Crippen LogP contribution in [0.4, 0.5) is 5.69 Å². The summed E-state index contributed by atoms with van der Waals surface area (Å²) in [4.78, 5) is 12.2. The summed E-state index contributed by atoms with van der Waals surface area (Å²) in [5.41, 5.74) is 0.258. The molecule has 122 valence electrons. The number of nitrogens with zero attached hydrogens (tertiary/aromatic N) is 1. The van der Waals surface area contributed by atoms with Crippen molar-refractivity contribution in [2.24, 2.45) is 0 Å². The van der Waals surface area contributed by atoms with Crippen LogP contribution in [0.1, 0.15) is 5.56 Å². The topological polar surface area (TPSA) is 93.3 Å². The summed E-state index contributed by atoms with van der Waals surface area (Å²) in [6, 6.07) is 8.72. The zero-order valence-electron chi connectivity index (χ0n) is 11.8. The quantitative estimate of drug-likeness (QED) is 0.410. The smallest absolute Gasteiger partial charge is 0.266 e. The van der Waals surface area contributed by atoms with Crippen LogP contribution in [-0.4, -0.2) is 16.1 Å². The number of hydrogen-bond acceptors (Lipinski definition) is 4. The summed E-state index contributed by atoms with van der Waals surface area (Å²) in [6.07, 6.45) is 1.21. The van der Waals surface area contributed by atoms with E-state index < -0.39 is 17.4 Å². The van der Waals surface area contributed by atoms with Gasteiger partial charge >= 0.3 is 0 Å². The fraction of sp³-hybridized carbons (Fsp3) is 0. The Balaban J connectivity index is 2.32. The highest BCUT2D eigenvalue weighted by Gasteiger charge is 2.13. The molecule has 2 rings (SSSR count). The summed E-state index contributed by atoms with van der Waals surface area (Å²) in [7, 11) is 0. The number of anilines is 1. The second kappa shape index (κ2) is 7.45. The van der Waals surface area contributed by atoms with Gasteiger partial charge in [-0.1, -0.05) is 34.8 Å². The van der Waals surface area contributed by atoms with Crippen molar-refractivity contribution in [1.82, 2.24) is 0 Å². The maximum absolute atomic E-state index is 12.2. The lowest BCUT2D eigenvalue weighted by molar-refractivity contribution is -0.112. The van der Waals surface area contributed by atoms with Crippen molar-refractivity contribution in [3.63, 3.8) is 0 Å². The lowest BCUT2D eigenvalue weighted by Crippen LogP contribution is -2.13. The Hall–Kier alpha value is -2.39. The van der Waals surface area contributed by atoms with E-state index in [0.717, 1.165) is 6.07 Å². The predicted octanol–water partition coefficient (Wildman–Crippen LogP) is 4.60. The van der Waals surface area contributed by atoms with Crippen molar-refractivity contribution in [2.75, 3.05) is 5.32 Å². The number of nitrogens with one attached hydrogen (secondary N) is 1. The van der Waals surface area contributed by atoms with Crippen LogP contribution in [0.25, 0.3) is 6.08 Å².